The quantitative estimate of drug-likeness (QED) is 0.444. The minimum Gasteiger partial charge on any atom is -0.493 e. The van der Waals surface area contributed by atoms with E-state index in [1.807, 2.05) is 19.9 Å². The van der Waals surface area contributed by atoms with Gasteiger partial charge in [-0.3, -0.25) is 4.99 Å². The van der Waals surface area contributed by atoms with Crippen LogP contribution in [0.5, 0.6) is 11.5 Å². The van der Waals surface area contributed by atoms with Gasteiger partial charge in [0.25, 0.3) is 0 Å². The number of benzene rings is 2. The van der Waals surface area contributed by atoms with Crippen LogP contribution in [-0.2, 0) is 4.74 Å². The van der Waals surface area contributed by atoms with Gasteiger partial charge in [0, 0.05) is 6.21 Å². The molecule has 0 bridgehead atoms. The number of carbonyl (C=O) groups excluding carboxylic acids is 1. The van der Waals surface area contributed by atoms with E-state index in [2.05, 4.69) is 4.99 Å². The van der Waals surface area contributed by atoms with Crippen LogP contribution in [0.4, 0.5) is 5.69 Å². The van der Waals surface area contributed by atoms with E-state index >= 15 is 0 Å². The topological polar surface area (TPSA) is 57.1 Å². The van der Waals surface area contributed by atoms with Crippen LogP contribution in [0.3, 0.4) is 0 Å². The van der Waals surface area contributed by atoms with E-state index in [9.17, 15) is 4.79 Å². The number of halogens is 1. The van der Waals surface area contributed by atoms with Gasteiger partial charge in [-0.2, -0.15) is 0 Å². The van der Waals surface area contributed by atoms with Gasteiger partial charge in [-0.15, -0.1) is 0 Å². The molecule has 2 aromatic rings. The summed E-state index contributed by atoms with van der Waals surface area (Å²) in [5.74, 6) is 0.699. The largest absolute Gasteiger partial charge is 0.493 e. The second-order valence-corrected chi connectivity index (χ2v) is 6.31. The number of hydrogen-bond donors (Lipinski definition) is 0. The molecule has 0 aliphatic carbocycles. The van der Waals surface area contributed by atoms with Crippen LogP contribution in [0.25, 0.3) is 0 Å². The third-order valence-electron chi connectivity index (χ3n) is 3.87. The monoisotopic (exact) mass is 389 g/mol. The molecule has 0 amide bonds. The van der Waals surface area contributed by atoms with Crippen molar-refractivity contribution in [3.63, 3.8) is 0 Å². The highest BCUT2D eigenvalue weighted by Gasteiger charge is 2.14. The predicted octanol–water partition coefficient (Wildman–Crippen LogP) is 5.45. The van der Waals surface area contributed by atoms with Crippen molar-refractivity contribution in [1.82, 2.24) is 0 Å². The predicted molar refractivity (Wildman–Crippen MR) is 108 cm³/mol. The summed E-state index contributed by atoms with van der Waals surface area (Å²) in [7, 11) is 1.57. The van der Waals surface area contributed by atoms with Crippen LogP contribution in [0.15, 0.2) is 41.4 Å². The Balaban J connectivity index is 2.25. The molecule has 0 N–H and O–H groups in total. The molecule has 2 rings (SSSR count). The fraction of sp³-hybridized carbons (Fsp3) is 0.333. The van der Waals surface area contributed by atoms with Gasteiger partial charge in [0.1, 0.15) is 0 Å². The summed E-state index contributed by atoms with van der Waals surface area (Å²) < 4.78 is 16.3. The second-order valence-electron chi connectivity index (χ2n) is 5.90. The van der Waals surface area contributed by atoms with Gasteiger partial charge in [0.15, 0.2) is 11.5 Å². The van der Waals surface area contributed by atoms with Crippen LogP contribution in [0.1, 0.15) is 43.1 Å². The Hall–Kier alpha value is -2.53. The maximum Gasteiger partial charge on any atom is 0.338 e. The summed E-state index contributed by atoms with van der Waals surface area (Å²) in [6.07, 6.45) is 2.55. The van der Waals surface area contributed by atoms with E-state index in [0.29, 0.717) is 34.4 Å². The average molecular weight is 390 g/mol. The van der Waals surface area contributed by atoms with Crippen molar-refractivity contribution in [3.8, 4) is 11.5 Å². The Morgan fingerprint density at radius 3 is 2.70 bits per heavy atom. The van der Waals surface area contributed by atoms with E-state index < -0.39 is 0 Å². The van der Waals surface area contributed by atoms with Crippen molar-refractivity contribution in [1.29, 1.82) is 0 Å². The highest BCUT2D eigenvalue weighted by molar-refractivity contribution is 6.32. The molecule has 0 spiro atoms. The third kappa shape index (κ3) is 5.73. The normalized spacial score (nSPS) is 12.0. The Morgan fingerprint density at radius 1 is 1.26 bits per heavy atom. The van der Waals surface area contributed by atoms with E-state index in [4.69, 9.17) is 25.8 Å². The lowest BCUT2D eigenvalue weighted by atomic mass is 10.2. The Bertz CT molecular complexity index is 820. The number of esters is 1. The molecule has 1 atom stereocenters. The summed E-state index contributed by atoms with van der Waals surface area (Å²) in [5, 5.41) is 0.455. The molecule has 0 aliphatic heterocycles. The van der Waals surface area contributed by atoms with E-state index in [-0.39, 0.29) is 12.1 Å². The average Bonchev–Trinajstić information content (AvgIpc) is 2.68. The molecule has 2 aromatic carbocycles. The Morgan fingerprint density at radius 2 is 2.04 bits per heavy atom. The zero-order valence-electron chi connectivity index (χ0n) is 16.0. The van der Waals surface area contributed by atoms with Gasteiger partial charge in [0.2, 0.25) is 0 Å². The number of methoxy groups -OCH3 is 1. The van der Waals surface area contributed by atoms with Crippen LogP contribution in [0, 0.1) is 0 Å². The third-order valence-corrected chi connectivity index (χ3v) is 4.15. The SMILES string of the molecule is CCOC(=O)c1cccc(N=Cc2cc(Cl)c(O[C@H](C)CC)c(OC)c2)c1. The number of hydrogen-bond acceptors (Lipinski definition) is 5. The zero-order valence-corrected chi connectivity index (χ0v) is 16.7. The van der Waals surface area contributed by atoms with Gasteiger partial charge in [-0.25, -0.2) is 4.79 Å². The molecule has 0 aromatic heterocycles. The molecule has 27 heavy (non-hydrogen) atoms. The van der Waals surface area contributed by atoms with Crippen LogP contribution in [-0.4, -0.2) is 32.0 Å². The van der Waals surface area contributed by atoms with Crippen LogP contribution >= 0.6 is 11.6 Å². The number of aliphatic imine (C=N–C) groups is 1. The lowest BCUT2D eigenvalue weighted by Gasteiger charge is -2.17. The van der Waals surface area contributed by atoms with Gasteiger partial charge in [0.05, 0.1) is 36.1 Å². The van der Waals surface area contributed by atoms with Crippen molar-refractivity contribution in [3.05, 3.63) is 52.5 Å². The fourth-order valence-electron chi connectivity index (χ4n) is 2.29. The summed E-state index contributed by atoms with van der Waals surface area (Å²) in [6, 6.07) is 10.5. The zero-order chi connectivity index (χ0) is 19.8. The van der Waals surface area contributed by atoms with E-state index in [0.717, 1.165) is 12.0 Å². The first-order chi connectivity index (χ1) is 13.0. The van der Waals surface area contributed by atoms with Crippen molar-refractivity contribution in [2.24, 2.45) is 4.99 Å². The molecule has 144 valence electrons. The highest BCUT2D eigenvalue weighted by Crippen LogP contribution is 2.37. The number of ether oxygens (including phenoxy) is 3. The summed E-state index contributed by atoms with van der Waals surface area (Å²) >= 11 is 6.37. The molecule has 0 unspecified atom stereocenters. The van der Waals surface area contributed by atoms with E-state index in [1.165, 1.54) is 0 Å². The lowest BCUT2D eigenvalue weighted by Crippen LogP contribution is -2.11. The molecular weight excluding hydrogens is 366 g/mol. The van der Waals surface area contributed by atoms with Crippen molar-refractivity contribution < 1.29 is 19.0 Å². The van der Waals surface area contributed by atoms with Gasteiger partial charge in [-0.1, -0.05) is 24.6 Å². The van der Waals surface area contributed by atoms with Crippen LogP contribution < -0.4 is 9.47 Å². The van der Waals surface area contributed by atoms with Gasteiger partial charge >= 0.3 is 5.97 Å². The molecule has 0 saturated heterocycles. The fourth-order valence-corrected chi connectivity index (χ4v) is 2.55. The van der Waals surface area contributed by atoms with E-state index in [1.54, 1.807) is 50.6 Å². The maximum absolute atomic E-state index is 11.8. The first kappa shape index (κ1) is 20.8. The molecule has 0 radical (unpaired) electrons. The molecular formula is C21H24ClNO4. The number of nitrogens with zero attached hydrogens (tertiary/aromatic N) is 1. The second kappa shape index (κ2) is 9.97. The molecule has 5 nitrogen and oxygen atoms in total. The minimum absolute atomic E-state index is 0.0292. The minimum atomic E-state index is -0.370. The van der Waals surface area contributed by atoms with Gasteiger partial charge < -0.3 is 14.2 Å². The van der Waals surface area contributed by atoms with Crippen LogP contribution in [0.2, 0.25) is 5.02 Å². The molecule has 0 heterocycles. The standard InChI is InChI=1S/C21H24ClNO4/c1-5-14(3)27-20-18(22)10-15(11-19(20)25-4)13-23-17-9-7-8-16(12-17)21(24)26-6-2/h7-14H,5-6H2,1-4H3/t14-/m1/s1. The Kier molecular flexibility index (Phi) is 7.67. The summed E-state index contributed by atoms with van der Waals surface area (Å²) in [5.41, 5.74) is 1.85. The van der Waals surface area contributed by atoms with Gasteiger partial charge in [-0.05, 0) is 56.2 Å². The lowest BCUT2D eigenvalue weighted by molar-refractivity contribution is 0.0526. The first-order valence-electron chi connectivity index (χ1n) is 8.83. The van der Waals surface area contributed by atoms with Crippen molar-refractivity contribution >= 4 is 29.5 Å². The smallest absolute Gasteiger partial charge is 0.338 e. The Labute approximate surface area is 164 Å². The number of rotatable bonds is 8. The molecule has 6 heteroatoms. The maximum atomic E-state index is 11.8. The highest BCUT2D eigenvalue weighted by atomic mass is 35.5. The van der Waals surface area contributed by atoms with Crippen molar-refractivity contribution in [2.75, 3.05) is 13.7 Å². The van der Waals surface area contributed by atoms with Crippen molar-refractivity contribution in [2.45, 2.75) is 33.3 Å². The molecule has 0 fully saturated rings. The molecule has 0 saturated carbocycles. The number of carbonyl (C=O) groups is 1. The molecule has 0 aliphatic rings. The summed E-state index contributed by atoms with van der Waals surface area (Å²) in [6.45, 7) is 6.11. The first-order valence-corrected chi connectivity index (χ1v) is 9.21. The summed E-state index contributed by atoms with van der Waals surface area (Å²) in [4.78, 5) is 16.2.